The Balaban J connectivity index is 1.34. The Kier molecular flexibility index (Phi) is 5.11. The molecule has 11 heteroatoms. The number of likely N-dealkylation sites (tertiary alicyclic amines) is 1. The summed E-state index contributed by atoms with van der Waals surface area (Å²) in [5.74, 6) is -1.17. The van der Waals surface area contributed by atoms with Crippen LogP contribution in [0.5, 0.6) is 0 Å². The number of hydrogen-bond donors (Lipinski definition) is 3. The fourth-order valence-electron chi connectivity index (χ4n) is 4.91. The summed E-state index contributed by atoms with van der Waals surface area (Å²) in [7, 11) is 0. The summed E-state index contributed by atoms with van der Waals surface area (Å²) in [6, 6.07) is 5.89. The van der Waals surface area contributed by atoms with E-state index in [0.29, 0.717) is 29.7 Å². The maximum absolute atomic E-state index is 13.3. The molecule has 0 radical (unpaired) electrons. The molecule has 2 heterocycles. The molecular weight excluding hydrogens is 457 g/mol. The number of para-hydroxylation sites is 1. The number of carbonyl (C=O) groups is 3. The summed E-state index contributed by atoms with van der Waals surface area (Å²) in [5.41, 5.74) is 6.17. The molecule has 5 rings (SSSR count). The summed E-state index contributed by atoms with van der Waals surface area (Å²) >= 11 is 12.2. The Morgan fingerprint density at radius 1 is 1.28 bits per heavy atom. The number of nitrogens with zero attached hydrogens (tertiary/aromatic N) is 3. The van der Waals surface area contributed by atoms with E-state index in [4.69, 9.17) is 28.9 Å². The van der Waals surface area contributed by atoms with Gasteiger partial charge in [-0.15, -0.1) is 23.2 Å². The quantitative estimate of drug-likeness (QED) is 0.505. The normalized spacial score (nSPS) is 28.3. The number of piperidine rings is 1. The molecule has 3 fully saturated rings. The zero-order valence-electron chi connectivity index (χ0n) is 17.1. The van der Waals surface area contributed by atoms with Crippen LogP contribution in [-0.4, -0.2) is 66.6 Å². The first-order valence-electron chi connectivity index (χ1n) is 10.6. The number of benzene rings is 1. The second-order valence-electron chi connectivity index (χ2n) is 8.87. The maximum Gasteiger partial charge on any atom is 0.269 e. The molecule has 1 aromatic heterocycles. The number of aliphatic hydroxyl groups is 1. The number of nitrogens with one attached hydrogen (secondary N) is 1. The van der Waals surface area contributed by atoms with Crippen LogP contribution >= 0.6 is 23.2 Å². The summed E-state index contributed by atoms with van der Waals surface area (Å²) in [6.07, 6.45) is 1.93. The molecule has 2 aliphatic carbocycles. The van der Waals surface area contributed by atoms with Crippen molar-refractivity contribution in [1.82, 2.24) is 20.0 Å². The first-order chi connectivity index (χ1) is 15.2. The van der Waals surface area contributed by atoms with Crippen LogP contribution in [0.1, 0.15) is 29.8 Å². The van der Waals surface area contributed by atoms with Crippen molar-refractivity contribution in [2.24, 2.45) is 17.6 Å². The van der Waals surface area contributed by atoms with E-state index >= 15 is 0 Å². The number of aromatic nitrogens is 2. The van der Waals surface area contributed by atoms with Crippen LogP contribution < -0.4 is 11.1 Å². The second kappa shape index (κ2) is 7.60. The van der Waals surface area contributed by atoms with Crippen LogP contribution in [0.2, 0.25) is 0 Å². The van der Waals surface area contributed by atoms with Crippen molar-refractivity contribution >= 4 is 51.8 Å². The number of alkyl halides is 2. The van der Waals surface area contributed by atoms with E-state index in [-0.39, 0.29) is 42.6 Å². The number of nitrogens with two attached hydrogens (primary N) is 1. The third-order valence-corrected chi connectivity index (χ3v) is 7.63. The molecule has 1 saturated heterocycles. The Morgan fingerprint density at radius 3 is 2.66 bits per heavy atom. The van der Waals surface area contributed by atoms with Gasteiger partial charge < -0.3 is 21.1 Å². The van der Waals surface area contributed by atoms with Gasteiger partial charge in [0.1, 0.15) is 16.9 Å². The largest absolute Gasteiger partial charge is 0.394 e. The van der Waals surface area contributed by atoms with Gasteiger partial charge in [0.15, 0.2) is 5.69 Å². The Labute approximate surface area is 193 Å². The Bertz CT molecular complexity index is 1120. The van der Waals surface area contributed by atoms with Gasteiger partial charge in [-0.05, 0) is 31.2 Å². The third kappa shape index (κ3) is 3.62. The third-order valence-electron chi connectivity index (χ3n) is 6.76. The van der Waals surface area contributed by atoms with E-state index in [9.17, 15) is 19.5 Å². The lowest BCUT2D eigenvalue weighted by molar-refractivity contribution is -0.140. The predicted octanol–water partition coefficient (Wildman–Crippen LogP) is 0.796. The fourth-order valence-corrected chi connectivity index (χ4v) is 5.55. The van der Waals surface area contributed by atoms with Gasteiger partial charge in [-0.25, -0.2) is 0 Å². The highest BCUT2D eigenvalue weighted by Crippen LogP contribution is 2.55. The van der Waals surface area contributed by atoms with Crippen LogP contribution in [0.3, 0.4) is 0 Å². The van der Waals surface area contributed by atoms with E-state index in [2.05, 4.69) is 10.4 Å². The predicted molar refractivity (Wildman–Crippen MR) is 117 cm³/mol. The number of carbonyl (C=O) groups excluding carboxylic acids is 3. The van der Waals surface area contributed by atoms with E-state index in [1.807, 2.05) is 0 Å². The van der Waals surface area contributed by atoms with Gasteiger partial charge >= 0.3 is 0 Å². The monoisotopic (exact) mass is 479 g/mol. The number of primary amides is 1. The number of amides is 3. The molecule has 1 aromatic carbocycles. The minimum Gasteiger partial charge on any atom is -0.394 e. The van der Waals surface area contributed by atoms with Crippen LogP contribution in [0.25, 0.3) is 10.9 Å². The van der Waals surface area contributed by atoms with Gasteiger partial charge in [0.2, 0.25) is 11.8 Å². The van der Waals surface area contributed by atoms with E-state index in [0.717, 1.165) is 6.42 Å². The van der Waals surface area contributed by atoms with Crippen molar-refractivity contribution in [2.45, 2.75) is 48.3 Å². The molecule has 2 saturated carbocycles. The zero-order chi connectivity index (χ0) is 22.8. The van der Waals surface area contributed by atoms with E-state index in [1.54, 1.807) is 29.2 Å². The van der Waals surface area contributed by atoms with Crippen LogP contribution in [0.4, 0.5) is 0 Å². The Hall–Kier alpha value is -2.36. The number of hydrogen-bond acceptors (Lipinski definition) is 5. The fraction of sp³-hybridized carbons (Fsp3) is 0.524. The van der Waals surface area contributed by atoms with E-state index in [1.165, 1.54) is 4.68 Å². The van der Waals surface area contributed by atoms with Gasteiger partial charge in [0.05, 0.1) is 18.2 Å². The molecule has 4 N–H and O–H groups in total. The number of fused-ring (bicyclic) bond motifs is 2. The topological polar surface area (TPSA) is 131 Å². The number of halogens is 2. The molecule has 1 aliphatic heterocycles. The summed E-state index contributed by atoms with van der Waals surface area (Å²) in [5, 5.41) is 17.3. The molecule has 32 heavy (non-hydrogen) atoms. The summed E-state index contributed by atoms with van der Waals surface area (Å²) in [6.45, 7) is -0.389. The van der Waals surface area contributed by atoms with Gasteiger partial charge in [0, 0.05) is 17.3 Å². The molecule has 9 nitrogen and oxygen atoms in total. The standard InChI is InChI=1S/C21H23Cl2N5O4/c22-21(23)7-12(21)13(9-29)25-20(32)16-6-10-5-15(10)28(16)17(30)8-27-14-4-2-1-3-11(14)18(26-27)19(24)31/h1-4,10,12-13,15-16,29H,5-9H2,(H2,24,31)(H,25,32)/t10-,12+,13+,15-,16+/m1/s1. The molecule has 0 spiro atoms. The SMILES string of the molecule is NC(=O)c1nn(CC(=O)N2[C@@H]3C[C@@H]3C[C@H]2C(=O)N[C@@H](CO)[C@@H]2CC2(Cl)Cl)c2ccccc12. The Morgan fingerprint density at radius 2 is 2.00 bits per heavy atom. The average Bonchev–Trinajstić information content (AvgIpc) is 3.55. The summed E-state index contributed by atoms with van der Waals surface area (Å²) < 4.78 is 0.520. The lowest BCUT2D eigenvalue weighted by Crippen LogP contribution is -2.52. The minimum absolute atomic E-state index is 0.0179. The molecule has 170 valence electrons. The molecular formula is C21H23Cl2N5O4. The van der Waals surface area contributed by atoms with Crippen LogP contribution in [0, 0.1) is 11.8 Å². The van der Waals surface area contributed by atoms with Crippen molar-refractivity contribution < 1.29 is 19.5 Å². The smallest absolute Gasteiger partial charge is 0.269 e. The molecule has 0 bridgehead atoms. The first kappa shape index (κ1) is 21.5. The van der Waals surface area contributed by atoms with Gasteiger partial charge in [-0.2, -0.15) is 5.10 Å². The molecule has 3 amide bonds. The second-order valence-corrected chi connectivity index (χ2v) is 10.4. The summed E-state index contributed by atoms with van der Waals surface area (Å²) in [4.78, 5) is 39.7. The average molecular weight is 480 g/mol. The lowest BCUT2D eigenvalue weighted by atomic mass is 10.1. The molecule has 0 unspecified atom stereocenters. The highest BCUT2D eigenvalue weighted by Gasteiger charge is 2.58. The van der Waals surface area contributed by atoms with Crippen LogP contribution in [-0.2, 0) is 16.1 Å². The van der Waals surface area contributed by atoms with Gasteiger partial charge in [-0.1, -0.05) is 18.2 Å². The minimum atomic E-state index is -0.937. The lowest BCUT2D eigenvalue weighted by Gasteiger charge is -2.28. The zero-order valence-corrected chi connectivity index (χ0v) is 18.6. The molecule has 3 aliphatic rings. The highest BCUT2D eigenvalue weighted by molar-refractivity contribution is 6.51. The molecule has 5 atom stereocenters. The van der Waals surface area contributed by atoms with E-state index < -0.39 is 22.3 Å². The first-order valence-corrected chi connectivity index (χ1v) is 11.3. The van der Waals surface area contributed by atoms with Crippen molar-refractivity contribution in [3.8, 4) is 0 Å². The maximum atomic E-state index is 13.3. The van der Waals surface area contributed by atoms with Crippen molar-refractivity contribution in [3.05, 3.63) is 30.0 Å². The van der Waals surface area contributed by atoms with Crippen LogP contribution in [0.15, 0.2) is 24.3 Å². The van der Waals surface area contributed by atoms with Crippen molar-refractivity contribution in [3.63, 3.8) is 0 Å². The van der Waals surface area contributed by atoms with Gasteiger partial charge in [0.25, 0.3) is 5.91 Å². The number of rotatable bonds is 7. The van der Waals surface area contributed by atoms with Crippen molar-refractivity contribution in [2.75, 3.05) is 6.61 Å². The van der Waals surface area contributed by atoms with Gasteiger partial charge in [-0.3, -0.25) is 19.1 Å². The van der Waals surface area contributed by atoms with Crippen molar-refractivity contribution in [1.29, 1.82) is 0 Å². The molecule has 2 aromatic rings. The number of aliphatic hydroxyl groups excluding tert-OH is 1. The highest BCUT2D eigenvalue weighted by atomic mass is 35.5.